The summed E-state index contributed by atoms with van der Waals surface area (Å²) < 4.78 is 0. The Hall–Kier alpha value is -4.43. The van der Waals surface area contributed by atoms with E-state index in [1.165, 1.54) is 31.2 Å². The molecule has 6 heterocycles. The van der Waals surface area contributed by atoms with E-state index >= 15 is 0 Å². The van der Waals surface area contributed by atoms with Crippen LogP contribution in [0.4, 0.5) is 0 Å². The molecule has 6 aromatic rings. The Kier molecular flexibility index (Phi) is 5.86. The molecule has 0 bridgehead atoms. The molecule has 1 saturated carbocycles. The fourth-order valence-electron chi connectivity index (χ4n) is 5.58. The number of aromatic nitrogens is 7. The third kappa shape index (κ3) is 4.33. The lowest BCUT2D eigenvalue weighted by Gasteiger charge is -2.11. The number of nitrogens with one attached hydrogen (secondary N) is 3. The number of fused-ring (bicyclic) bond motifs is 2. The number of hydrogen-bond acceptors (Lipinski definition) is 6. The van der Waals surface area contributed by atoms with Crippen molar-refractivity contribution in [2.24, 2.45) is 5.92 Å². The largest absolute Gasteiger partial charge is 0.338 e. The van der Waals surface area contributed by atoms with E-state index < -0.39 is 0 Å². The lowest BCUT2D eigenvalue weighted by atomic mass is 10.0. The highest BCUT2D eigenvalue weighted by molar-refractivity contribution is 5.99. The number of hydrogen-bond donors (Lipinski definition) is 3. The molecule has 0 aliphatic heterocycles. The van der Waals surface area contributed by atoms with Crippen molar-refractivity contribution >= 4 is 22.1 Å². The number of rotatable bonds is 7. The third-order valence-corrected chi connectivity index (χ3v) is 7.57. The molecule has 0 unspecified atom stereocenters. The Balaban J connectivity index is 1.20. The molecule has 0 atom stereocenters. The molecule has 8 heteroatoms. The summed E-state index contributed by atoms with van der Waals surface area (Å²) in [5.41, 5.74) is 8.73. The van der Waals surface area contributed by atoms with Crippen molar-refractivity contribution in [2.45, 2.75) is 32.2 Å². The van der Waals surface area contributed by atoms with E-state index in [9.17, 15) is 0 Å². The van der Waals surface area contributed by atoms with Crippen molar-refractivity contribution in [3.63, 3.8) is 0 Å². The van der Waals surface area contributed by atoms with Gasteiger partial charge in [-0.2, -0.15) is 5.10 Å². The molecular weight excluding hydrogens is 472 g/mol. The average molecular weight is 501 g/mol. The van der Waals surface area contributed by atoms with Gasteiger partial charge in [-0.1, -0.05) is 12.8 Å². The van der Waals surface area contributed by atoms with Gasteiger partial charge < -0.3 is 10.3 Å². The van der Waals surface area contributed by atoms with Gasteiger partial charge in [0.2, 0.25) is 0 Å². The van der Waals surface area contributed by atoms with Crippen LogP contribution in [0.5, 0.6) is 0 Å². The normalized spacial score (nSPS) is 14.1. The summed E-state index contributed by atoms with van der Waals surface area (Å²) in [5, 5.41) is 13.3. The molecule has 6 aromatic heterocycles. The molecule has 0 spiro atoms. The number of aromatic amines is 2. The van der Waals surface area contributed by atoms with Gasteiger partial charge in [0, 0.05) is 65.6 Å². The van der Waals surface area contributed by atoms with E-state index in [2.05, 4.69) is 58.6 Å². The zero-order valence-corrected chi connectivity index (χ0v) is 21.0. The van der Waals surface area contributed by atoms with E-state index in [4.69, 9.17) is 0 Å². The van der Waals surface area contributed by atoms with Crippen LogP contribution in [0.15, 0.2) is 73.6 Å². The molecule has 1 fully saturated rings. The second-order valence-corrected chi connectivity index (χ2v) is 10.1. The Bertz CT molecular complexity index is 1710. The van der Waals surface area contributed by atoms with Gasteiger partial charge in [-0.15, -0.1) is 0 Å². The maximum absolute atomic E-state index is 4.64. The van der Waals surface area contributed by atoms with E-state index in [1.54, 1.807) is 12.4 Å². The molecule has 7 rings (SSSR count). The topological polar surface area (TPSA) is 108 Å². The first-order chi connectivity index (χ1) is 18.8. The fourth-order valence-corrected chi connectivity index (χ4v) is 5.58. The molecule has 0 aromatic carbocycles. The lowest BCUT2D eigenvalue weighted by molar-refractivity contribution is 0.489. The van der Waals surface area contributed by atoms with Crippen molar-refractivity contribution in [3.05, 3.63) is 79.1 Å². The van der Waals surface area contributed by atoms with Crippen LogP contribution in [0.3, 0.4) is 0 Å². The highest BCUT2D eigenvalue weighted by Gasteiger charge is 2.16. The molecule has 0 amide bonds. The second kappa shape index (κ2) is 9.79. The maximum atomic E-state index is 4.64. The first-order valence-corrected chi connectivity index (χ1v) is 13.2. The predicted octanol–water partition coefficient (Wildman–Crippen LogP) is 5.91. The van der Waals surface area contributed by atoms with Crippen molar-refractivity contribution < 1.29 is 0 Å². The summed E-state index contributed by atoms with van der Waals surface area (Å²) in [5.74, 6) is 0.817. The van der Waals surface area contributed by atoms with Crippen molar-refractivity contribution in [3.8, 4) is 33.6 Å². The van der Waals surface area contributed by atoms with Crippen molar-refractivity contribution in [1.29, 1.82) is 0 Å². The quantitative estimate of drug-likeness (QED) is 0.252. The molecular formula is C30H28N8. The lowest BCUT2D eigenvalue weighted by Crippen LogP contribution is -2.20. The summed E-state index contributed by atoms with van der Waals surface area (Å²) >= 11 is 0. The standard InChI is InChI=1S/C30H28N8/c1-2-4-19(3-1)14-32-15-20-11-22(17-33-16-20)23-12-26-28(37-38-30(26)35-18-23)27-13-25-24(7-10-34-29(25)36-27)21-5-8-31-9-6-21/h5-13,16-19,32H,1-4,14-15H2,(H,34,36)(H,35,37,38). The van der Waals surface area contributed by atoms with E-state index in [1.807, 2.05) is 43.0 Å². The Morgan fingerprint density at radius 3 is 2.58 bits per heavy atom. The molecule has 188 valence electrons. The summed E-state index contributed by atoms with van der Waals surface area (Å²) in [6, 6.07) is 12.5. The maximum Gasteiger partial charge on any atom is 0.181 e. The molecule has 0 saturated heterocycles. The fraction of sp³-hybridized carbons (Fsp3) is 0.233. The minimum Gasteiger partial charge on any atom is -0.338 e. The summed E-state index contributed by atoms with van der Waals surface area (Å²) in [6.07, 6.45) is 16.6. The zero-order chi connectivity index (χ0) is 25.3. The Morgan fingerprint density at radius 2 is 1.68 bits per heavy atom. The van der Waals surface area contributed by atoms with Gasteiger partial charge >= 0.3 is 0 Å². The zero-order valence-electron chi connectivity index (χ0n) is 21.0. The molecule has 1 aliphatic rings. The van der Waals surface area contributed by atoms with Crippen LogP contribution in [-0.4, -0.2) is 41.7 Å². The van der Waals surface area contributed by atoms with E-state index in [0.717, 1.165) is 69.1 Å². The molecule has 0 radical (unpaired) electrons. The van der Waals surface area contributed by atoms with Gasteiger partial charge in [0.1, 0.15) is 5.65 Å². The summed E-state index contributed by atoms with van der Waals surface area (Å²) in [6.45, 7) is 1.91. The van der Waals surface area contributed by atoms with Crippen LogP contribution in [0.1, 0.15) is 31.2 Å². The number of H-pyrrole nitrogens is 2. The van der Waals surface area contributed by atoms with Gasteiger partial charge in [-0.05, 0) is 78.4 Å². The van der Waals surface area contributed by atoms with E-state index in [0.29, 0.717) is 5.65 Å². The first-order valence-electron chi connectivity index (χ1n) is 13.2. The van der Waals surface area contributed by atoms with Gasteiger partial charge in [0.25, 0.3) is 0 Å². The smallest absolute Gasteiger partial charge is 0.181 e. The average Bonchev–Trinajstić information content (AvgIpc) is 3.73. The molecule has 38 heavy (non-hydrogen) atoms. The minimum absolute atomic E-state index is 0.673. The highest BCUT2D eigenvalue weighted by atomic mass is 15.2. The van der Waals surface area contributed by atoms with Crippen LogP contribution in [0.2, 0.25) is 0 Å². The van der Waals surface area contributed by atoms with Gasteiger partial charge in [0.15, 0.2) is 5.65 Å². The van der Waals surface area contributed by atoms with Gasteiger partial charge in [-0.3, -0.25) is 15.1 Å². The van der Waals surface area contributed by atoms with Crippen LogP contribution in [0, 0.1) is 5.92 Å². The molecule has 8 nitrogen and oxygen atoms in total. The monoisotopic (exact) mass is 500 g/mol. The predicted molar refractivity (Wildman–Crippen MR) is 149 cm³/mol. The molecule has 1 aliphatic carbocycles. The number of pyridine rings is 4. The van der Waals surface area contributed by atoms with Gasteiger partial charge in [0.05, 0.1) is 11.4 Å². The SMILES string of the molecule is c1cc(-c2ccnc3[nH]c(-c4[nH]nc5ncc(-c6cncc(CNCC7CCCC7)c6)cc45)cc23)ccn1. The van der Waals surface area contributed by atoms with Crippen molar-refractivity contribution in [1.82, 2.24) is 40.4 Å². The Labute approximate surface area is 220 Å². The van der Waals surface area contributed by atoms with E-state index in [-0.39, 0.29) is 0 Å². The minimum atomic E-state index is 0.673. The van der Waals surface area contributed by atoms with Gasteiger partial charge in [-0.25, -0.2) is 9.97 Å². The Morgan fingerprint density at radius 1 is 0.816 bits per heavy atom. The van der Waals surface area contributed by atoms with Crippen LogP contribution >= 0.6 is 0 Å². The second-order valence-electron chi connectivity index (χ2n) is 10.1. The summed E-state index contributed by atoms with van der Waals surface area (Å²) in [7, 11) is 0. The van der Waals surface area contributed by atoms with Crippen LogP contribution < -0.4 is 5.32 Å². The van der Waals surface area contributed by atoms with Crippen LogP contribution in [-0.2, 0) is 6.54 Å². The number of nitrogens with zero attached hydrogens (tertiary/aromatic N) is 5. The third-order valence-electron chi connectivity index (χ3n) is 7.57. The van der Waals surface area contributed by atoms with Crippen molar-refractivity contribution in [2.75, 3.05) is 6.54 Å². The van der Waals surface area contributed by atoms with Crippen LogP contribution in [0.25, 0.3) is 55.7 Å². The summed E-state index contributed by atoms with van der Waals surface area (Å²) in [4.78, 5) is 21.3. The first kappa shape index (κ1) is 22.7. The molecule has 3 N–H and O–H groups in total. The highest BCUT2D eigenvalue weighted by Crippen LogP contribution is 2.34.